The third kappa shape index (κ3) is 3.46. The van der Waals surface area contributed by atoms with E-state index in [0.717, 1.165) is 26.1 Å². The van der Waals surface area contributed by atoms with Crippen LogP contribution in [0.2, 0.25) is 0 Å². The van der Waals surface area contributed by atoms with E-state index < -0.39 is 0 Å². The van der Waals surface area contributed by atoms with Gasteiger partial charge in [-0.15, -0.1) is 0 Å². The lowest BCUT2D eigenvalue weighted by Crippen LogP contribution is -2.22. The van der Waals surface area contributed by atoms with E-state index in [4.69, 9.17) is 9.47 Å². The van der Waals surface area contributed by atoms with E-state index >= 15 is 0 Å². The van der Waals surface area contributed by atoms with Crippen LogP contribution in [0.5, 0.6) is 6.01 Å². The van der Waals surface area contributed by atoms with Crippen molar-refractivity contribution in [2.24, 2.45) is 5.92 Å². The van der Waals surface area contributed by atoms with Crippen LogP contribution in [0.15, 0.2) is 18.7 Å². The van der Waals surface area contributed by atoms with Crippen molar-refractivity contribution in [3.05, 3.63) is 18.7 Å². The molecule has 0 spiro atoms. The molecule has 112 valence electrons. The molecule has 0 amide bonds. The number of ether oxygens (including phenoxy) is 2. The summed E-state index contributed by atoms with van der Waals surface area (Å²) in [7, 11) is 1.76. The number of hydrogen-bond acceptors (Lipinski definition) is 7. The largest absolute Gasteiger partial charge is 0.463 e. The Morgan fingerprint density at radius 1 is 1.33 bits per heavy atom. The summed E-state index contributed by atoms with van der Waals surface area (Å²) < 4.78 is 12.8. The van der Waals surface area contributed by atoms with Crippen molar-refractivity contribution in [2.45, 2.75) is 12.8 Å². The first-order valence-electron chi connectivity index (χ1n) is 6.98. The zero-order valence-corrected chi connectivity index (χ0v) is 11.9. The first-order chi connectivity index (χ1) is 10.3. The molecule has 1 N–H and O–H groups in total. The van der Waals surface area contributed by atoms with Crippen LogP contribution < -0.4 is 10.1 Å². The molecule has 0 unspecified atom stereocenters. The predicted molar refractivity (Wildman–Crippen MR) is 75.5 cm³/mol. The molecule has 1 aliphatic rings. The Morgan fingerprint density at radius 3 is 2.90 bits per heavy atom. The number of nitrogens with zero attached hydrogens (tertiary/aromatic N) is 5. The minimum atomic E-state index is 0.324. The summed E-state index contributed by atoms with van der Waals surface area (Å²) in [6, 6.07) is 0.324. The molecule has 0 atom stereocenters. The first kappa shape index (κ1) is 13.7. The molecule has 0 aromatic carbocycles. The monoisotopic (exact) mass is 290 g/mol. The summed E-state index contributed by atoms with van der Waals surface area (Å²) >= 11 is 0. The van der Waals surface area contributed by atoms with Crippen molar-refractivity contribution in [3.63, 3.8) is 0 Å². The molecule has 8 nitrogen and oxygen atoms in total. The van der Waals surface area contributed by atoms with Gasteiger partial charge in [-0.3, -0.25) is 4.57 Å². The molecule has 1 fully saturated rings. The zero-order chi connectivity index (χ0) is 14.5. The Kier molecular flexibility index (Phi) is 4.25. The Hall–Kier alpha value is -2.22. The van der Waals surface area contributed by atoms with Gasteiger partial charge in [-0.2, -0.15) is 15.0 Å². The lowest BCUT2D eigenvalue weighted by molar-refractivity contribution is 0.0482. The van der Waals surface area contributed by atoms with Crippen molar-refractivity contribution < 1.29 is 9.47 Å². The third-order valence-corrected chi connectivity index (χ3v) is 3.35. The number of imidazole rings is 1. The molecule has 0 saturated carbocycles. The average Bonchev–Trinajstić information content (AvgIpc) is 3.08. The van der Waals surface area contributed by atoms with Gasteiger partial charge in [0.25, 0.3) is 0 Å². The van der Waals surface area contributed by atoms with Crippen LogP contribution in [0, 0.1) is 5.92 Å². The second-order valence-electron chi connectivity index (χ2n) is 4.83. The molecule has 1 saturated heterocycles. The fourth-order valence-corrected chi connectivity index (χ4v) is 2.12. The second-order valence-corrected chi connectivity index (χ2v) is 4.83. The highest BCUT2D eigenvalue weighted by molar-refractivity contribution is 5.29. The maximum atomic E-state index is 5.74. The summed E-state index contributed by atoms with van der Waals surface area (Å²) in [6.45, 7) is 2.19. The number of nitrogens with one attached hydrogen (secondary N) is 1. The molecule has 8 heteroatoms. The molecular weight excluding hydrogens is 272 g/mol. The summed E-state index contributed by atoms with van der Waals surface area (Å²) in [6.07, 6.45) is 7.11. The van der Waals surface area contributed by atoms with Gasteiger partial charge in [-0.25, -0.2) is 4.98 Å². The van der Waals surface area contributed by atoms with Crippen LogP contribution in [0.1, 0.15) is 12.8 Å². The highest BCUT2D eigenvalue weighted by Gasteiger charge is 2.16. The Bertz CT molecular complexity index is 568. The van der Waals surface area contributed by atoms with Gasteiger partial charge in [0.15, 0.2) is 0 Å². The SMILES string of the molecule is CNc1nc(OCC2CCOCC2)nc(-n2ccnc2)n1. The van der Waals surface area contributed by atoms with Crippen molar-refractivity contribution in [2.75, 3.05) is 32.2 Å². The summed E-state index contributed by atoms with van der Waals surface area (Å²) in [5, 5.41) is 2.91. The third-order valence-electron chi connectivity index (χ3n) is 3.35. The first-order valence-corrected chi connectivity index (χ1v) is 6.98. The quantitative estimate of drug-likeness (QED) is 0.875. The fraction of sp³-hybridized carbons (Fsp3) is 0.538. The maximum absolute atomic E-state index is 5.74. The van der Waals surface area contributed by atoms with E-state index in [-0.39, 0.29) is 0 Å². The van der Waals surface area contributed by atoms with Gasteiger partial charge >= 0.3 is 6.01 Å². The van der Waals surface area contributed by atoms with Gasteiger partial charge in [0.05, 0.1) is 6.61 Å². The maximum Gasteiger partial charge on any atom is 0.323 e. The van der Waals surface area contributed by atoms with Crippen LogP contribution in [-0.4, -0.2) is 51.4 Å². The molecule has 3 heterocycles. The number of anilines is 1. The number of rotatable bonds is 5. The molecule has 3 rings (SSSR count). The normalized spacial score (nSPS) is 15.9. The van der Waals surface area contributed by atoms with Gasteiger partial charge in [-0.05, 0) is 18.8 Å². The number of aromatic nitrogens is 5. The van der Waals surface area contributed by atoms with E-state index in [0.29, 0.717) is 30.4 Å². The summed E-state index contributed by atoms with van der Waals surface area (Å²) in [4.78, 5) is 16.8. The zero-order valence-electron chi connectivity index (χ0n) is 11.9. The topological polar surface area (TPSA) is 87.0 Å². The van der Waals surface area contributed by atoms with Gasteiger partial charge in [0.1, 0.15) is 6.33 Å². The molecule has 2 aromatic heterocycles. The van der Waals surface area contributed by atoms with Crippen LogP contribution in [0.25, 0.3) is 5.95 Å². The predicted octanol–water partition coefficient (Wildman–Crippen LogP) is 0.904. The lowest BCUT2D eigenvalue weighted by atomic mass is 10.0. The molecular formula is C13H18N6O2. The molecule has 21 heavy (non-hydrogen) atoms. The van der Waals surface area contributed by atoms with E-state index in [1.807, 2.05) is 0 Å². The van der Waals surface area contributed by atoms with Gasteiger partial charge in [-0.1, -0.05) is 0 Å². The van der Waals surface area contributed by atoms with Crippen LogP contribution in [0.3, 0.4) is 0 Å². The summed E-state index contributed by atoms with van der Waals surface area (Å²) in [5.74, 6) is 1.44. The minimum Gasteiger partial charge on any atom is -0.463 e. The molecule has 0 aliphatic carbocycles. The highest BCUT2D eigenvalue weighted by Crippen LogP contribution is 2.17. The highest BCUT2D eigenvalue weighted by atomic mass is 16.5. The van der Waals surface area contributed by atoms with Crippen molar-refractivity contribution in [1.82, 2.24) is 24.5 Å². The van der Waals surface area contributed by atoms with E-state index in [1.165, 1.54) is 0 Å². The second kappa shape index (κ2) is 6.49. The van der Waals surface area contributed by atoms with Crippen molar-refractivity contribution >= 4 is 5.95 Å². The van der Waals surface area contributed by atoms with Gasteiger partial charge in [0, 0.05) is 32.7 Å². The molecule has 0 bridgehead atoms. The van der Waals surface area contributed by atoms with Crippen LogP contribution >= 0.6 is 0 Å². The van der Waals surface area contributed by atoms with Gasteiger partial charge in [0.2, 0.25) is 11.9 Å². The number of hydrogen-bond donors (Lipinski definition) is 1. The molecule has 1 aliphatic heterocycles. The van der Waals surface area contributed by atoms with Gasteiger partial charge < -0.3 is 14.8 Å². The van der Waals surface area contributed by atoms with Crippen molar-refractivity contribution in [3.8, 4) is 12.0 Å². The fourth-order valence-electron chi connectivity index (χ4n) is 2.12. The van der Waals surface area contributed by atoms with E-state index in [9.17, 15) is 0 Å². The Balaban J connectivity index is 1.73. The van der Waals surface area contributed by atoms with Crippen molar-refractivity contribution in [1.29, 1.82) is 0 Å². The van der Waals surface area contributed by atoms with E-state index in [2.05, 4.69) is 25.3 Å². The van der Waals surface area contributed by atoms with Crippen LogP contribution in [-0.2, 0) is 4.74 Å². The molecule has 2 aromatic rings. The standard InChI is InChI=1S/C13H18N6O2/c1-14-11-16-12(19-5-4-15-9-19)18-13(17-11)21-8-10-2-6-20-7-3-10/h4-5,9-10H,2-3,6-8H2,1H3,(H,14,16,17,18). The Morgan fingerprint density at radius 2 is 2.19 bits per heavy atom. The minimum absolute atomic E-state index is 0.324. The average molecular weight is 290 g/mol. The lowest BCUT2D eigenvalue weighted by Gasteiger charge is -2.21. The van der Waals surface area contributed by atoms with E-state index in [1.54, 1.807) is 30.3 Å². The summed E-state index contributed by atoms with van der Waals surface area (Å²) in [5.41, 5.74) is 0. The smallest absolute Gasteiger partial charge is 0.323 e. The molecule has 0 radical (unpaired) electrons. The van der Waals surface area contributed by atoms with Crippen LogP contribution in [0.4, 0.5) is 5.95 Å². The Labute approximate surface area is 122 Å².